The molecule has 2 aromatic carbocycles. The van der Waals surface area contributed by atoms with Gasteiger partial charge < -0.3 is 10.1 Å². The molecule has 0 spiro atoms. The number of methoxy groups -OCH3 is 1. The van der Waals surface area contributed by atoms with Gasteiger partial charge in [-0.3, -0.25) is 9.69 Å². The first-order valence-electron chi connectivity index (χ1n) is 9.64. The number of halogens is 1. The maximum absolute atomic E-state index is 12.8. The predicted octanol–water partition coefficient (Wildman–Crippen LogP) is 3.19. The van der Waals surface area contributed by atoms with Crippen LogP contribution in [0.2, 0.25) is 0 Å². The Labute approximate surface area is 184 Å². The van der Waals surface area contributed by atoms with Crippen molar-refractivity contribution in [2.24, 2.45) is 0 Å². The molecule has 0 aliphatic carbocycles. The van der Waals surface area contributed by atoms with Gasteiger partial charge in [-0.05, 0) is 67.9 Å². The van der Waals surface area contributed by atoms with Crippen molar-refractivity contribution in [3.05, 3.63) is 54.1 Å². The second kappa shape index (κ2) is 10.8. The van der Waals surface area contributed by atoms with Crippen LogP contribution < -0.4 is 14.8 Å². The number of anilines is 1. The second-order valence-corrected chi connectivity index (χ2v) is 8.86. The van der Waals surface area contributed by atoms with Gasteiger partial charge in [-0.25, -0.2) is 13.1 Å². The third-order valence-electron chi connectivity index (χ3n) is 5.03. The van der Waals surface area contributed by atoms with E-state index in [1.165, 1.54) is 19.1 Å². The van der Waals surface area contributed by atoms with Gasteiger partial charge in [0.15, 0.2) is 0 Å². The van der Waals surface area contributed by atoms with Crippen LogP contribution in [-0.2, 0) is 14.8 Å². The predicted molar refractivity (Wildman–Crippen MR) is 120 cm³/mol. The lowest BCUT2D eigenvalue weighted by atomic mass is 10.1. The molecule has 1 aliphatic heterocycles. The minimum absolute atomic E-state index is 0. The zero-order valence-electron chi connectivity index (χ0n) is 17.1. The summed E-state index contributed by atoms with van der Waals surface area (Å²) in [6.07, 6.45) is 2.23. The second-order valence-electron chi connectivity index (χ2n) is 7.09. The number of amides is 1. The summed E-state index contributed by atoms with van der Waals surface area (Å²) in [5.41, 5.74) is 1.61. The standard InChI is InChI=1S/C21H27N3O4S.ClH/c1-16(25)23-18-7-11-20(12-8-18)29(26,27)22-15-21(24-13-3-4-14-24)17-5-9-19(28-2)10-6-17;/h5-12,21-22H,3-4,13-15H2,1-2H3,(H,23,25);1H. The molecule has 3 rings (SSSR count). The highest BCUT2D eigenvalue weighted by Gasteiger charge is 2.25. The molecule has 1 unspecified atom stereocenters. The summed E-state index contributed by atoms with van der Waals surface area (Å²) in [7, 11) is -2.04. The van der Waals surface area contributed by atoms with E-state index in [0.29, 0.717) is 5.69 Å². The molecule has 7 nitrogen and oxygen atoms in total. The molecule has 164 valence electrons. The Morgan fingerprint density at radius 3 is 2.20 bits per heavy atom. The molecule has 1 saturated heterocycles. The zero-order chi connectivity index (χ0) is 20.9. The molecule has 2 aromatic rings. The number of ether oxygens (including phenoxy) is 1. The molecule has 1 fully saturated rings. The van der Waals surface area contributed by atoms with E-state index in [4.69, 9.17) is 4.74 Å². The molecule has 1 aliphatic rings. The molecule has 0 bridgehead atoms. The lowest BCUT2D eigenvalue weighted by Crippen LogP contribution is -2.36. The molecule has 9 heteroatoms. The Morgan fingerprint density at radius 2 is 1.67 bits per heavy atom. The zero-order valence-corrected chi connectivity index (χ0v) is 18.8. The van der Waals surface area contributed by atoms with Crippen molar-refractivity contribution >= 4 is 34.0 Å². The maximum Gasteiger partial charge on any atom is 0.240 e. The minimum Gasteiger partial charge on any atom is -0.497 e. The van der Waals surface area contributed by atoms with Gasteiger partial charge in [-0.1, -0.05) is 12.1 Å². The van der Waals surface area contributed by atoms with E-state index in [0.717, 1.165) is 37.2 Å². The lowest BCUT2D eigenvalue weighted by molar-refractivity contribution is -0.114. The van der Waals surface area contributed by atoms with Gasteiger partial charge in [0.05, 0.1) is 12.0 Å². The summed E-state index contributed by atoms with van der Waals surface area (Å²) < 4.78 is 33.5. The average Bonchev–Trinajstić information content (AvgIpc) is 3.23. The van der Waals surface area contributed by atoms with Crippen LogP contribution in [0.5, 0.6) is 5.75 Å². The number of nitrogens with one attached hydrogen (secondary N) is 2. The van der Waals surface area contributed by atoms with Gasteiger partial charge >= 0.3 is 0 Å². The molecule has 0 saturated carbocycles. The van der Waals surface area contributed by atoms with E-state index in [9.17, 15) is 13.2 Å². The number of hydrogen-bond acceptors (Lipinski definition) is 5. The number of carbonyl (C=O) groups is 1. The quantitative estimate of drug-likeness (QED) is 0.640. The number of carbonyl (C=O) groups excluding carboxylic acids is 1. The van der Waals surface area contributed by atoms with Crippen molar-refractivity contribution in [2.45, 2.75) is 30.7 Å². The summed E-state index contributed by atoms with van der Waals surface area (Å²) in [6.45, 7) is 3.58. The highest BCUT2D eigenvalue weighted by molar-refractivity contribution is 7.89. The van der Waals surface area contributed by atoms with E-state index in [2.05, 4.69) is 14.9 Å². The van der Waals surface area contributed by atoms with Gasteiger partial charge in [-0.2, -0.15) is 0 Å². The van der Waals surface area contributed by atoms with Gasteiger partial charge in [0.25, 0.3) is 0 Å². The van der Waals surface area contributed by atoms with Crippen LogP contribution in [-0.4, -0.2) is 46.0 Å². The highest BCUT2D eigenvalue weighted by atomic mass is 35.5. The molecule has 2 N–H and O–H groups in total. The molecule has 0 aromatic heterocycles. The van der Waals surface area contributed by atoms with Crippen LogP contribution in [0, 0.1) is 0 Å². The smallest absolute Gasteiger partial charge is 0.240 e. The van der Waals surface area contributed by atoms with Crippen LogP contribution in [0.25, 0.3) is 0 Å². The summed E-state index contributed by atoms with van der Waals surface area (Å²) in [6, 6.07) is 13.9. The number of hydrogen-bond donors (Lipinski definition) is 2. The molecule has 1 amide bonds. The largest absolute Gasteiger partial charge is 0.497 e. The van der Waals surface area contributed by atoms with E-state index >= 15 is 0 Å². The minimum atomic E-state index is -3.67. The first-order chi connectivity index (χ1) is 13.9. The van der Waals surface area contributed by atoms with Gasteiger partial charge in [0.2, 0.25) is 15.9 Å². The summed E-state index contributed by atoms with van der Waals surface area (Å²) in [5.74, 6) is 0.570. The summed E-state index contributed by atoms with van der Waals surface area (Å²) in [5, 5.41) is 2.63. The van der Waals surface area contributed by atoms with Crippen LogP contribution in [0.1, 0.15) is 31.4 Å². The summed E-state index contributed by atoms with van der Waals surface area (Å²) >= 11 is 0. The molecular weight excluding hydrogens is 426 g/mol. The number of sulfonamides is 1. The van der Waals surface area contributed by atoms with Crippen molar-refractivity contribution < 1.29 is 17.9 Å². The molecule has 0 radical (unpaired) electrons. The van der Waals surface area contributed by atoms with Crippen LogP contribution in [0.15, 0.2) is 53.4 Å². The highest BCUT2D eigenvalue weighted by Crippen LogP contribution is 2.27. The van der Waals surface area contributed by atoms with Crippen LogP contribution in [0.3, 0.4) is 0 Å². The number of rotatable bonds is 8. The van der Waals surface area contributed by atoms with Gasteiger partial charge in [0.1, 0.15) is 5.75 Å². The van der Waals surface area contributed by atoms with Crippen molar-refractivity contribution in [2.75, 3.05) is 32.1 Å². The first kappa shape index (κ1) is 24.1. The Bertz CT molecular complexity index is 928. The van der Waals surface area contributed by atoms with Crippen LogP contribution in [0.4, 0.5) is 5.69 Å². The van der Waals surface area contributed by atoms with Crippen molar-refractivity contribution in [1.29, 1.82) is 0 Å². The number of likely N-dealkylation sites (tertiary alicyclic amines) is 1. The SMILES string of the molecule is COc1ccc(C(CNS(=O)(=O)c2ccc(NC(C)=O)cc2)N2CCCC2)cc1.Cl. The molecule has 1 atom stereocenters. The van der Waals surface area contributed by atoms with Crippen molar-refractivity contribution in [3.8, 4) is 5.75 Å². The monoisotopic (exact) mass is 453 g/mol. The van der Waals surface area contributed by atoms with Gasteiger partial charge in [-0.15, -0.1) is 12.4 Å². The lowest BCUT2D eigenvalue weighted by Gasteiger charge is -2.28. The van der Waals surface area contributed by atoms with E-state index in [1.54, 1.807) is 19.2 Å². The van der Waals surface area contributed by atoms with Gasteiger partial charge in [0, 0.05) is 25.2 Å². The first-order valence-corrected chi connectivity index (χ1v) is 11.1. The van der Waals surface area contributed by atoms with Crippen molar-refractivity contribution in [3.63, 3.8) is 0 Å². The topological polar surface area (TPSA) is 87.7 Å². The fourth-order valence-electron chi connectivity index (χ4n) is 3.53. The molecular formula is C21H28ClN3O4S. The third kappa shape index (κ3) is 6.18. The molecule has 1 heterocycles. The van der Waals surface area contributed by atoms with Crippen LogP contribution >= 0.6 is 12.4 Å². The average molecular weight is 454 g/mol. The Hall–Kier alpha value is -2.13. The van der Waals surface area contributed by atoms with Crippen molar-refractivity contribution in [1.82, 2.24) is 9.62 Å². The third-order valence-corrected chi connectivity index (χ3v) is 6.47. The fraction of sp³-hybridized carbons (Fsp3) is 0.381. The normalized spacial score (nSPS) is 15.3. The molecule has 30 heavy (non-hydrogen) atoms. The summed E-state index contributed by atoms with van der Waals surface area (Å²) in [4.78, 5) is 13.6. The number of nitrogens with zero attached hydrogens (tertiary/aromatic N) is 1. The number of benzene rings is 2. The Balaban J connectivity index is 0.00000320. The maximum atomic E-state index is 12.8. The van der Waals surface area contributed by atoms with E-state index in [-0.39, 0.29) is 35.8 Å². The van der Waals surface area contributed by atoms with E-state index < -0.39 is 10.0 Å². The fourth-order valence-corrected chi connectivity index (χ4v) is 4.57. The Kier molecular flexibility index (Phi) is 8.66. The Morgan fingerprint density at radius 1 is 1.07 bits per heavy atom. The van der Waals surface area contributed by atoms with E-state index in [1.807, 2.05) is 24.3 Å².